The van der Waals surface area contributed by atoms with E-state index in [0.29, 0.717) is 18.7 Å². The highest BCUT2D eigenvalue weighted by atomic mass is 16.1. The van der Waals surface area contributed by atoms with Crippen molar-refractivity contribution in [3.05, 3.63) is 120 Å². The number of amides is 1. The van der Waals surface area contributed by atoms with Crippen LogP contribution in [0.3, 0.4) is 0 Å². The van der Waals surface area contributed by atoms with E-state index in [1.807, 2.05) is 94.2 Å². The van der Waals surface area contributed by atoms with Gasteiger partial charge in [-0.05, 0) is 47.5 Å². The van der Waals surface area contributed by atoms with E-state index in [2.05, 4.69) is 27.6 Å². The Hall–Kier alpha value is -4.19. The minimum atomic E-state index is -0.128. The van der Waals surface area contributed by atoms with E-state index in [9.17, 15) is 4.79 Å². The summed E-state index contributed by atoms with van der Waals surface area (Å²) in [4.78, 5) is 12.8. The molecule has 0 bridgehead atoms. The van der Waals surface area contributed by atoms with Crippen molar-refractivity contribution < 1.29 is 4.79 Å². The van der Waals surface area contributed by atoms with Crippen LogP contribution in [0.2, 0.25) is 0 Å². The lowest BCUT2D eigenvalue weighted by atomic mass is 10.1. The Morgan fingerprint density at radius 1 is 0.774 bits per heavy atom. The molecule has 0 atom stereocenters. The Morgan fingerprint density at radius 2 is 1.58 bits per heavy atom. The lowest BCUT2D eigenvalue weighted by molar-refractivity contribution is 0.101. The molecule has 0 aliphatic carbocycles. The molecule has 5 rings (SSSR count). The zero-order valence-electron chi connectivity index (χ0n) is 16.8. The van der Waals surface area contributed by atoms with Crippen LogP contribution in [-0.4, -0.2) is 25.1 Å². The number of anilines is 1. The second-order valence-corrected chi connectivity index (χ2v) is 7.38. The predicted octanol–water partition coefficient (Wildman–Crippen LogP) is 4.42. The van der Waals surface area contributed by atoms with Crippen LogP contribution in [0.5, 0.6) is 0 Å². The first-order chi connectivity index (χ1) is 15.3. The first-order valence-electron chi connectivity index (χ1n) is 10.1. The zero-order chi connectivity index (χ0) is 21.0. The zero-order valence-corrected chi connectivity index (χ0v) is 16.8. The average molecular weight is 407 g/mol. The third-order valence-corrected chi connectivity index (χ3v) is 5.22. The van der Waals surface area contributed by atoms with Crippen LogP contribution < -0.4 is 5.32 Å². The van der Waals surface area contributed by atoms with Crippen LogP contribution in [-0.2, 0) is 13.0 Å². The highest BCUT2D eigenvalue weighted by Crippen LogP contribution is 2.16. The fourth-order valence-corrected chi connectivity index (χ4v) is 3.63. The van der Waals surface area contributed by atoms with Crippen LogP contribution in [0.4, 0.5) is 5.69 Å². The molecule has 0 saturated heterocycles. The van der Waals surface area contributed by atoms with Crippen LogP contribution in [0.1, 0.15) is 27.4 Å². The molecule has 0 radical (unpaired) electrons. The largest absolute Gasteiger partial charge is 0.339 e. The molecule has 1 N–H and O–H groups in total. The molecule has 31 heavy (non-hydrogen) atoms. The van der Waals surface area contributed by atoms with Crippen molar-refractivity contribution in [2.45, 2.75) is 13.0 Å². The standard InChI is InChI=1S/C25H21N5O/c31-25(22-9-6-15-29(22)18-20-7-2-1-3-8-20)26-21-13-11-19(12-14-21)17-24-28-27-23-10-4-5-16-30(23)24/h1-16H,17-18H2,(H,26,31). The molecule has 1 amide bonds. The number of nitrogens with one attached hydrogen (secondary N) is 1. The normalized spacial score (nSPS) is 11.0. The summed E-state index contributed by atoms with van der Waals surface area (Å²) in [5, 5.41) is 11.5. The summed E-state index contributed by atoms with van der Waals surface area (Å²) in [5.41, 5.74) is 4.47. The Kier molecular flexibility index (Phi) is 5.02. The average Bonchev–Trinajstić information content (AvgIpc) is 3.43. The monoisotopic (exact) mass is 407 g/mol. The van der Waals surface area contributed by atoms with Gasteiger partial charge in [0.05, 0.1) is 0 Å². The molecule has 2 aromatic carbocycles. The quantitative estimate of drug-likeness (QED) is 0.453. The molecule has 0 aliphatic rings. The van der Waals surface area contributed by atoms with E-state index < -0.39 is 0 Å². The van der Waals surface area contributed by atoms with Crippen LogP contribution in [0.15, 0.2) is 97.3 Å². The molecule has 152 valence electrons. The fourth-order valence-electron chi connectivity index (χ4n) is 3.63. The van der Waals surface area contributed by atoms with Crippen LogP contribution in [0, 0.1) is 0 Å². The summed E-state index contributed by atoms with van der Waals surface area (Å²) >= 11 is 0. The SMILES string of the molecule is O=C(Nc1ccc(Cc2nnc3ccccn23)cc1)c1cccn1Cc1ccccc1. The molecule has 0 fully saturated rings. The van der Waals surface area contributed by atoms with Crippen molar-refractivity contribution >= 4 is 17.2 Å². The summed E-state index contributed by atoms with van der Waals surface area (Å²) in [7, 11) is 0. The summed E-state index contributed by atoms with van der Waals surface area (Å²) < 4.78 is 3.94. The van der Waals surface area contributed by atoms with Gasteiger partial charge < -0.3 is 9.88 Å². The van der Waals surface area contributed by atoms with Crippen molar-refractivity contribution in [3.8, 4) is 0 Å². The van der Waals surface area contributed by atoms with Gasteiger partial charge in [0.2, 0.25) is 0 Å². The van der Waals surface area contributed by atoms with E-state index >= 15 is 0 Å². The third kappa shape index (κ3) is 4.09. The van der Waals surface area contributed by atoms with Gasteiger partial charge in [0.25, 0.3) is 5.91 Å². The topological polar surface area (TPSA) is 64.2 Å². The number of nitrogens with zero attached hydrogens (tertiary/aromatic N) is 4. The predicted molar refractivity (Wildman–Crippen MR) is 120 cm³/mol. The molecule has 0 spiro atoms. The Bertz CT molecular complexity index is 1320. The molecule has 6 heteroatoms. The molecule has 0 unspecified atom stereocenters. The number of fused-ring (bicyclic) bond motifs is 1. The molecule has 6 nitrogen and oxygen atoms in total. The number of pyridine rings is 1. The lowest BCUT2D eigenvalue weighted by Crippen LogP contribution is -2.17. The second-order valence-electron chi connectivity index (χ2n) is 7.38. The molecule has 5 aromatic rings. The van der Waals surface area contributed by atoms with Gasteiger partial charge in [0, 0.05) is 31.0 Å². The fraction of sp³-hybridized carbons (Fsp3) is 0.0800. The summed E-state index contributed by atoms with van der Waals surface area (Å²) in [6, 6.07) is 27.5. The van der Waals surface area contributed by atoms with Crippen molar-refractivity contribution in [2.75, 3.05) is 5.32 Å². The Labute approximate surface area is 179 Å². The number of hydrogen-bond acceptors (Lipinski definition) is 3. The molecular formula is C25H21N5O. The number of hydrogen-bond donors (Lipinski definition) is 1. The van der Waals surface area contributed by atoms with Gasteiger partial charge in [-0.2, -0.15) is 0 Å². The van der Waals surface area contributed by atoms with Crippen molar-refractivity contribution in [1.29, 1.82) is 0 Å². The number of carbonyl (C=O) groups excluding carboxylic acids is 1. The van der Waals surface area contributed by atoms with Gasteiger partial charge in [0.15, 0.2) is 5.65 Å². The number of aromatic nitrogens is 4. The maximum absolute atomic E-state index is 12.8. The van der Waals surface area contributed by atoms with E-state index in [1.54, 1.807) is 0 Å². The molecule has 3 heterocycles. The van der Waals surface area contributed by atoms with E-state index in [1.165, 1.54) is 0 Å². The molecule has 0 saturated carbocycles. The van der Waals surface area contributed by atoms with Gasteiger partial charge in [-0.15, -0.1) is 10.2 Å². The van der Waals surface area contributed by atoms with Gasteiger partial charge in [-0.1, -0.05) is 48.5 Å². The summed E-state index contributed by atoms with van der Waals surface area (Å²) in [6.45, 7) is 0.655. The van der Waals surface area contributed by atoms with Crippen molar-refractivity contribution in [2.24, 2.45) is 0 Å². The summed E-state index contributed by atoms with van der Waals surface area (Å²) in [5.74, 6) is 0.753. The number of rotatable bonds is 6. The third-order valence-electron chi connectivity index (χ3n) is 5.22. The molecule has 0 aliphatic heterocycles. The molecular weight excluding hydrogens is 386 g/mol. The first-order valence-corrected chi connectivity index (χ1v) is 10.1. The smallest absolute Gasteiger partial charge is 0.272 e. The van der Waals surface area contributed by atoms with E-state index in [4.69, 9.17) is 0 Å². The van der Waals surface area contributed by atoms with Crippen LogP contribution >= 0.6 is 0 Å². The summed E-state index contributed by atoms with van der Waals surface area (Å²) in [6.07, 6.45) is 4.55. The highest BCUT2D eigenvalue weighted by molar-refractivity contribution is 6.03. The van der Waals surface area contributed by atoms with Crippen LogP contribution in [0.25, 0.3) is 5.65 Å². The maximum Gasteiger partial charge on any atom is 0.272 e. The lowest BCUT2D eigenvalue weighted by Gasteiger charge is -2.10. The van der Waals surface area contributed by atoms with E-state index in [0.717, 1.165) is 28.3 Å². The number of carbonyl (C=O) groups is 1. The minimum Gasteiger partial charge on any atom is -0.339 e. The highest BCUT2D eigenvalue weighted by Gasteiger charge is 2.12. The van der Waals surface area contributed by atoms with E-state index in [-0.39, 0.29) is 5.91 Å². The maximum atomic E-state index is 12.8. The first kappa shape index (κ1) is 18.8. The minimum absolute atomic E-state index is 0.128. The molecule has 3 aromatic heterocycles. The van der Waals surface area contributed by atoms with Crippen molar-refractivity contribution in [1.82, 2.24) is 19.2 Å². The van der Waals surface area contributed by atoms with Gasteiger partial charge in [0.1, 0.15) is 11.5 Å². The van der Waals surface area contributed by atoms with Gasteiger partial charge in [-0.25, -0.2) is 0 Å². The van der Waals surface area contributed by atoms with Crippen molar-refractivity contribution in [3.63, 3.8) is 0 Å². The second kappa shape index (κ2) is 8.28. The van der Waals surface area contributed by atoms with Gasteiger partial charge in [-0.3, -0.25) is 9.20 Å². The number of benzene rings is 2. The Morgan fingerprint density at radius 3 is 2.42 bits per heavy atom. The Balaban J connectivity index is 1.27. The van der Waals surface area contributed by atoms with Gasteiger partial charge >= 0.3 is 0 Å².